The predicted molar refractivity (Wildman–Crippen MR) is 81.1 cm³/mol. The van der Waals surface area contributed by atoms with E-state index < -0.39 is 0 Å². The van der Waals surface area contributed by atoms with E-state index in [-0.39, 0.29) is 11.4 Å². The van der Waals surface area contributed by atoms with Gasteiger partial charge in [-0.25, -0.2) is 4.98 Å². The van der Waals surface area contributed by atoms with Crippen molar-refractivity contribution in [1.82, 2.24) is 9.97 Å². The van der Waals surface area contributed by atoms with Crippen LogP contribution in [0.1, 0.15) is 32.6 Å². The van der Waals surface area contributed by atoms with E-state index in [0.717, 1.165) is 23.2 Å². The number of aromatic amines is 1. The van der Waals surface area contributed by atoms with Crippen LogP contribution < -0.4 is 11.0 Å². The average molecular weight is 270 g/mol. The smallest absolute Gasteiger partial charge is 0.293 e. The lowest BCUT2D eigenvalue weighted by Gasteiger charge is -2.19. The molecular weight excluding hydrogens is 252 g/mol. The van der Waals surface area contributed by atoms with Gasteiger partial charge in [0.1, 0.15) is 0 Å². The van der Waals surface area contributed by atoms with Crippen LogP contribution >= 0.6 is 0 Å². The summed E-state index contributed by atoms with van der Waals surface area (Å²) in [5, 5.41) is 4.39. The molecule has 1 heterocycles. The molecule has 0 spiro atoms. The van der Waals surface area contributed by atoms with Gasteiger partial charge in [-0.05, 0) is 37.3 Å². The summed E-state index contributed by atoms with van der Waals surface area (Å²) in [5.41, 5.74) is 5.22. The second kappa shape index (κ2) is 5.45. The van der Waals surface area contributed by atoms with Crippen molar-refractivity contribution in [2.45, 2.75) is 32.6 Å². The molecule has 2 aromatic rings. The first-order valence-corrected chi connectivity index (χ1v) is 7.05. The number of hydrogen-bond donors (Lipinski definition) is 2. The van der Waals surface area contributed by atoms with Gasteiger partial charge in [-0.15, -0.1) is 0 Å². The number of para-hydroxylation sites is 2. The Bertz CT molecular complexity index is 704. The summed E-state index contributed by atoms with van der Waals surface area (Å²) in [5.74, 6) is 0.741. The molecule has 1 saturated carbocycles. The van der Waals surface area contributed by atoms with Gasteiger partial charge in [0.2, 0.25) is 5.82 Å². The monoisotopic (exact) mass is 270 g/mol. The molecule has 1 aliphatic carbocycles. The van der Waals surface area contributed by atoms with Crippen molar-refractivity contribution in [3.63, 3.8) is 0 Å². The largest absolute Gasteiger partial charge is 0.317 e. The molecule has 0 bridgehead atoms. The topological polar surface area (TPSA) is 70.1 Å². The molecule has 0 saturated heterocycles. The van der Waals surface area contributed by atoms with Crippen LogP contribution in [0.2, 0.25) is 0 Å². The highest BCUT2D eigenvalue weighted by molar-refractivity contribution is 5.87. The summed E-state index contributed by atoms with van der Waals surface area (Å²) in [6.07, 6.45) is 4.60. The second-order valence-electron chi connectivity index (χ2n) is 5.29. The molecule has 5 heteroatoms. The third-order valence-corrected chi connectivity index (χ3v) is 3.79. The maximum atomic E-state index is 11.9. The fourth-order valence-electron chi connectivity index (χ4n) is 2.57. The van der Waals surface area contributed by atoms with Crippen LogP contribution in [0.3, 0.4) is 0 Å². The Morgan fingerprint density at radius 1 is 1.35 bits per heavy atom. The maximum absolute atomic E-state index is 11.9. The Balaban J connectivity index is 1.89. The number of benzene rings is 1. The van der Waals surface area contributed by atoms with Crippen molar-refractivity contribution in [1.29, 1.82) is 0 Å². The number of hydrogen-bond acceptors (Lipinski definition) is 4. The Kier molecular flexibility index (Phi) is 3.50. The van der Waals surface area contributed by atoms with Crippen molar-refractivity contribution in [2.24, 2.45) is 11.0 Å². The van der Waals surface area contributed by atoms with Gasteiger partial charge in [0.05, 0.1) is 11.0 Å². The second-order valence-corrected chi connectivity index (χ2v) is 5.29. The molecule has 1 unspecified atom stereocenters. The molecule has 1 atom stereocenters. The minimum absolute atomic E-state index is 0.239. The van der Waals surface area contributed by atoms with Crippen LogP contribution in [0, 0.1) is 5.92 Å². The quantitative estimate of drug-likeness (QED) is 0.824. The Morgan fingerprint density at radius 3 is 3.05 bits per heavy atom. The van der Waals surface area contributed by atoms with Crippen LogP contribution in [-0.2, 0) is 0 Å². The molecule has 3 rings (SSSR count). The lowest BCUT2D eigenvalue weighted by Crippen LogP contribution is -2.20. The lowest BCUT2D eigenvalue weighted by atomic mass is 9.89. The van der Waals surface area contributed by atoms with Crippen LogP contribution in [0.15, 0.2) is 34.2 Å². The molecule has 0 aliphatic heterocycles. The van der Waals surface area contributed by atoms with Crippen LogP contribution in [-0.4, -0.2) is 15.7 Å². The Labute approximate surface area is 117 Å². The number of hydrazone groups is 1. The normalized spacial score (nSPS) is 21.2. The molecule has 5 nitrogen and oxygen atoms in total. The average Bonchev–Trinajstić information content (AvgIpc) is 2.46. The standard InChI is InChI=1S/C15H18N4O/c1-10-6-2-3-7-11(10)18-19-14-15(20)17-13-9-5-4-8-12(13)16-14/h4-5,8-10H,2-3,6-7H2,1H3,(H,16,19)(H,17,20)/b18-11+. The van der Waals surface area contributed by atoms with E-state index in [2.05, 4.69) is 27.4 Å². The molecule has 1 aromatic heterocycles. The van der Waals surface area contributed by atoms with Gasteiger partial charge in [-0.2, -0.15) is 5.10 Å². The summed E-state index contributed by atoms with van der Waals surface area (Å²) >= 11 is 0. The van der Waals surface area contributed by atoms with Crippen molar-refractivity contribution >= 4 is 22.6 Å². The van der Waals surface area contributed by atoms with Crippen LogP contribution in [0.5, 0.6) is 0 Å². The predicted octanol–water partition coefficient (Wildman–Crippen LogP) is 2.90. The molecule has 2 N–H and O–H groups in total. The molecule has 20 heavy (non-hydrogen) atoms. The van der Waals surface area contributed by atoms with Gasteiger partial charge in [-0.3, -0.25) is 10.2 Å². The fourth-order valence-corrected chi connectivity index (χ4v) is 2.57. The van der Waals surface area contributed by atoms with E-state index in [4.69, 9.17) is 0 Å². The van der Waals surface area contributed by atoms with E-state index in [0.29, 0.717) is 5.92 Å². The minimum Gasteiger partial charge on any atom is -0.317 e. The summed E-state index contributed by atoms with van der Waals surface area (Å²) in [4.78, 5) is 19.1. The number of aromatic nitrogens is 2. The van der Waals surface area contributed by atoms with Crippen LogP contribution in [0.4, 0.5) is 5.82 Å². The van der Waals surface area contributed by atoms with E-state index in [1.54, 1.807) is 0 Å². The summed E-state index contributed by atoms with van der Waals surface area (Å²) < 4.78 is 0. The van der Waals surface area contributed by atoms with Gasteiger partial charge in [0, 0.05) is 5.71 Å². The number of nitrogens with zero attached hydrogens (tertiary/aromatic N) is 2. The third kappa shape index (κ3) is 2.57. The molecule has 1 fully saturated rings. The molecular formula is C15H18N4O. The van der Waals surface area contributed by atoms with Gasteiger partial charge >= 0.3 is 0 Å². The number of fused-ring (bicyclic) bond motifs is 1. The summed E-state index contributed by atoms with van der Waals surface area (Å²) in [6.45, 7) is 2.18. The highest BCUT2D eigenvalue weighted by atomic mass is 16.1. The van der Waals surface area contributed by atoms with E-state index in [1.165, 1.54) is 19.3 Å². The molecule has 0 radical (unpaired) electrons. The Hall–Kier alpha value is -2.17. The van der Waals surface area contributed by atoms with Crippen molar-refractivity contribution < 1.29 is 0 Å². The molecule has 1 aromatic carbocycles. The molecule has 1 aliphatic rings. The zero-order valence-corrected chi connectivity index (χ0v) is 11.5. The molecule has 104 valence electrons. The highest BCUT2D eigenvalue weighted by Gasteiger charge is 2.16. The van der Waals surface area contributed by atoms with Gasteiger partial charge in [0.15, 0.2) is 0 Å². The first-order valence-electron chi connectivity index (χ1n) is 7.05. The van der Waals surface area contributed by atoms with Crippen molar-refractivity contribution in [2.75, 3.05) is 5.43 Å². The number of H-pyrrole nitrogens is 1. The SMILES string of the molecule is CC1CCCC/C1=N\Nc1nc2ccccc2[nH]c1=O. The maximum Gasteiger partial charge on any atom is 0.293 e. The summed E-state index contributed by atoms with van der Waals surface area (Å²) in [6, 6.07) is 7.47. The van der Waals surface area contributed by atoms with E-state index in [1.807, 2.05) is 24.3 Å². The lowest BCUT2D eigenvalue weighted by molar-refractivity contribution is 0.558. The third-order valence-electron chi connectivity index (χ3n) is 3.79. The van der Waals surface area contributed by atoms with Gasteiger partial charge < -0.3 is 4.98 Å². The van der Waals surface area contributed by atoms with Crippen molar-refractivity contribution in [3.05, 3.63) is 34.6 Å². The van der Waals surface area contributed by atoms with Crippen molar-refractivity contribution in [3.8, 4) is 0 Å². The molecule has 0 amide bonds. The number of anilines is 1. The first-order chi connectivity index (χ1) is 9.74. The van der Waals surface area contributed by atoms with Gasteiger partial charge in [0.25, 0.3) is 5.56 Å². The minimum atomic E-state index is -0.239. The number of rotatable bonds is 2. The Morgan fingerprint density at radius 2 is 2.20 bits per heavy atom. The summed E-state index contributed by atoms with van der Waals surface area (Å²) in [7, 11) is 0. The number of nitrogens with one attached hydrogen (secondary N) is 2. The van der Waals surface area contributed by atoms with Gasteiger partial charge in [-0.1, -0.05) is 25.5 Å². The van der Waals surface area contributed by atoms with Crippen LogP contribution in [0.25, 0.3) is 11.0 Å². The van der Waals surface area contributed by atoms with E-state index in [9.17, 15) is 4.79 Å². The first kappa shape index (κ1) is 12.8. The van der Waals surface area contributed by atoms with E-state index >= 15 is 0 Å². The zero-order valence-electron chi connectivity index (χ0n) is 11.5. The highest BCUT2D eigenvalue weighted by Crippen LogP contribution is 2.21. The fraction of sp³-hybridized carbons (Fsp3) is 0.400. The zero-order chi connectivity index (χ0) is 13.9.